The molecule has 0 bridgehead atoms. The van der Waals surface area contributed by atoms with Crippen molar-refractivity contribution in [3.63, 3.8) is 0 Å². The van der Waals surface area contributed by atoms with Crippen molar-refractivity contribution >= 4 is 40.3 Å². The summed E-state index contributed by atoms with van der Waals surface area (Å²) in [7, 11) is 2.90. The molecule has 0 radical (unpaired) electrons. The van der Waals surface area contributed by atoms with Gasteiger partial charge >= 0.3 is 11.9 Å². The third-order valence-corrected chi connectivity index (χ3v) is 6.20. The van der Waals surface area contributed by atoms with Gasteiger partial charge in [0, 0.05) is 11.0 Å². The molecule has 1 aliphatic rings. The van der Waals surface area contributed by atoms with Crippen molar-refractivity contribution in [1.82, 2.24) is 0 Å². The molecule has 0 saturated heterocycles. The Balaban J connectivity index is 1.59. The minimum Gasteiger partial charge on any atom is -0.497 e. The fraction of sp³-hybridized carbons (Fsp3) is 0.348. The summed E-state index contributed by atoms with van der Waals surface area (Å²) in [5, 5.41) is 3.15. The first-order valence-electron chi connectivity index (χ1n) is 9.92. The van der Waals surface area contributed by atoms with Crippen LogP contribution < -0.4 is 10.1 Å². The molecule has 0 aliphatic heterocycles. The average Bonchev–Trinajstić information content (AvgIpc) is 3.12. The number of nitrogens with one attached hydrogen (secondary N) is 1. The predicted molar refractivity (Wildman–Crippen MR) is 118 cm³/mol. The van der Waals surface area contributed by atoms with Crippen LogP contribution in [0.4, 0.5) is 5.00 Å². The number of rotatable bonds is 7. The highest BCUT2D eigenvalue weighted by Gasteiger charge is 2.28. The van der Waals surface area contributed by atoms with Crippen molar-refractivity contribution in [2.24, 2.45) is 5.92 Å². The second-order valence-electron chi connectivity index (χ2n) is 7.31. The molecular weight excluding hydrogens is 418 g/mol. The smallest absolute Gasteiger partial charge is 0.341 e. The third kappa shape index (κ3) is 5.73. The van der Waals surface area contributed by atoms with E-state index in [4.69, 9.17) is 14.2 Å². The minimum absolute atomic E-state index is 0.411. The molecule has 0 fully saturated rings. The third-order valence-electron chi connectivity index (χ3n) is 5.03. The second kappa shape index (κ2) is 10.3. The van der Waals surface area contributed by atoms with Crippen molar-refractivity contribution in [2.45, 2.75) is 26.2 Å². The van der Waals surface area contributed by atoms with E-state index in [0.717, 1.165) is 35.3 Å². The molecule has 1 aromatic heterocycles. The van der Waals surface area contributed by atoms with Crippen molar-refractivity contribution in [1.29, 1.82) is 0 Å². The maximum atomic E-state index is 12.3. The summed E-state index contributed by atoms with van der Waals surface area (Å²) in [6, 6.07) is 7.14. The van der Waals surface area contributed by atoms with Gasteiger partial charge in [0.1, 0.15) is 10.8 Å². The van der Waals surface area contributed by atoms with E-state index in [-0.39, 0.29) is 0 Å². The number of carbonyl (C=O) groups excluding carboxylic acids is 3. The van der Waals surface area contributed by atoms with E-state index in [0.29, 0.717) is 22.2 Å². The first-order chi connectivity index (χ1) is 14.9. The summed E-state index contributed by atoms with van der Waals surface area (Å²) in [4.78, 5) is 37.6. The number of hydrogen-bond acceptors (Lipinski definition) is 7. The van der Waals surface area contributed by atoms with Crippen molar-refractivity contribution in [2.75, 3.05) is 26.1 Å². The second-order valence-corrected chi connectivity index (χ2v) is 8.42. The van der Waals surface area contributed by atoms with Crippen molar-refractivity contribution < 1.29 is 28.6 Å². The molecule has 1 aromatic carbocycles. The van der Waals surface area contributed by atoms with Crippen LogP contribution in [0, 0.1) is 5.92 Å². The number of ether oxygens (including phenoxy) is 3. The van der Waals surface area contributed by atoms with Crippen LogP contribution in [-0.4, -0.2) is 38.7 Å². The number of fused-ring (bicyclic) bond motifs is 1. The summed E-state index contributed by atoms with van der Waals surface area (Å²) in [6.07, 6.45) is 5.46. The Hall–Kier alpha value is -3.13. The molecule has 7 nitrogen and oxygen atoms in total. The Kier molecular flexibility index (Phi) is 7.46. The number of esters is 2. The van der Waals surface area contributed by atoms with Crippen LogP contribution in [0.25, 0.3) is 6.08 Å². The first-order valence-corrected chi connectivity index (χ1v) is 10.7. The molecule has 1 amide bonds. The maximum Gasteiger partial charge on any atom is 0.341 e. The quantitative estimate of drug-likeness (QED) is 0.516. The molecule has 2 aromatic rings. The van der Waals surface area contributed by atoms with E-state index in [2.05, 4.69) is 12.2 Å². The van der Waals surface area contributed by atoms with Crippen molar-refractivity contribution in [3.05, 3.63) is 51.9 Å². The zero-order valence-corrected chi connectivity index (χ0v) is 18.5. The first kappa shape index (κ1) is 22.6. The molecule has 31 heavy (non-hydrogen) atoms. The molecule has 1 heterocycles. The average molecular weight is 444 g/mol. The Morgan fingerprint density at radius 3 is 2.61 bits per heavy atom. The molecule has 1 N–H and O–H groups in total. The van der Waals surface area contributed by atoms with Gasteiger partial charge in [0.05, 0.1) is 19.8 Å². The summed E-state index contributed by atoms with van der Waals surface area (Å²) in [5.41, 5.74) is 2.15. The van der Waals surface area contributed by atoms with Crippen LogP contribution in [-0.2, 0) is 31.9 Å². The van der Waals surface area contributed by atoms with Gasteiger partial charge in [0.25, 0.3) is 5.91 Å². The number of benzene rings is 1. The van der Waals surface area contributed by atoms with Gasteiger partial charge < -0.3 is 19.5 Å². The lowest BCUT2D eigenvalue weighted by Gasteiger charge is -2.18. The van der Waals surface area contributed by atoms with Crippen LogP contribution in [0.2, 0.25) is 0 Å². The van der Waals surface area contributed by atoms with Gasteiger partial charge in [-0.25, -0.2) is 9.59 Å². The van der Waals surface area contributed by atoms with Crippen LogP contribution in [0.3, 0.4) is 0 Å². The number of thiophene rings is 1. The number of hydrogen-bond donors (Lipinski definition) is 1. The molecule has 1 atom stereocenters. The highest BCUT2D eigenvalue weighted by molar-refractivity contribution is 7.17. The maximum absolute atomic E-state index is 12.3. The summed E-state index contributed by atoms with van der Waals surface area (Å²) < 4.78 is 15.0. The van der Waals surface area contributed by atoms with Gasteiger partial charge in [0.2, 0.25) is 0 Å². The predicted octanol–water partition coefficient (Wildman–Crippen LogP) is 3.86. The number of carbonyl (C=O) groups is 3. The topological polar surface area (TPSA) is 90.9 Å². The molecule has 8 heteroatoms. The largest absolute Gasteiger partial charge is 0.497 e. The minimum atomic E-state index is -0.640. The van der Waals surface area contributed by atoms with Crippen LogP contribution in [0.15, 0.2) is 30.3 Å². The van der Waals surface area contributed by atoms with E-state index < -0.39 is 24.5 Å². The highest BCUT2D eigenvalue weighted by Crippen LogP contribution is 2.40. The monoisotopic (exact) mass is 443 g/mol. The van der Waals surface area contributed by atoms with E-state index in [1.54, 1.807) is 37.5 Å². The fourth-order valence-corrected chi connectivity index (χ4v) is 4.80. The summed E-state index contributed by atoms with van der Waals surface area (Å²) >= 11 is 1.39. The fourth-order valence-electron chi connectivity index (χ4n) is 3.38. The molecule has 0 saturated carbocycles. The molecular formula is C23H25NO6S. The lowest BCUT2D eigenvalue weighted by Crippen LogP contribution is -2.21. The SMILES string of the molecule is COC(=O)c1c(NC(=O)COC(=O)C=Cc2ccc(OC)cc2)sc2c1CCC(C)C2. The summed E-state index contributed by atoms with van der Waals surface area (Å²) in [5.74, 6) is -0.380. The lowest BCUT2D eigenvalue weighted by molar-refractivity contribution is -0.142. The van der Waals surface area contributed by atoms with Gasteiger partial charge in [-0.15, -0.1) is 11.3 Å². The molecule has 3 rings (SSSR count). The molecule has 1 unspecified atom stereocenters. The normalized spacial score (nSPS) is 15.3. The van der Waals surface area contributed by atoms with Crippen LogP contribution >= 0.6 is 11.3 Å². The Bertz CT molecular complexity index is 992. The zero-order chi connectivity index (χ0) is 22.4. The summed E-state index contributed by atoms with van der Waals surface area (Å²) in [6.45, 7) is 1.71. The molecule has 164 valence electrons. The van der Waals surface area contributed by atoms with E-state index in [1.807, 2.05) is 0 Å². The Labute approximate surface area is 185 Å². The van der Waals surface area contributed by atoms with Gasteiger partial charge in [-0.2, -0.15) is 0 Å². The zero-order valence-electron chi connectivity index (χ0n) is 17.7. The van der Waals surface area contributed by atoms with Gasteiger partial charge in [-0.3, -0.25) is 4.79 Å². The van der Waals surface area contributed by atoms with E-state index >= 15 is 0 Å². The highest BCUT2D eigenvalue weighted by atomic mass is 32.1. The molecule has 0 spiro atoms. The number of anilines is 1. The van der Waals surface area contributed by atoms with Gasteiger partial charge in [-0.05, 0) is 54.5 Å². The lowest BCUT2D eigenvalue weighted by atomic mass is 9.88. The molecule has 1 aliphatic carbocycles. The van der Waals surface area contributed by atoms with Crippen LogP contribution in [0.1, 0.15) is 39.7 Å². The van der Waals surface area contributed by atoms with Gasteiger partial charge in [0.15, 0.2) is 6.61 Å². The Morgan fingerprint density at radius 1 is 1.19 bits per heavy atom. The van der Waals surface area contributed by atoms with Gasteiger partial charge in [-0.1, -0.05) is 19.1 Å². The van der Waals surface area contributed by atoms with E-state index in [1.165, 1.54) is 24.5 Å². The van der Waals surface area contributed by atoms with E-state index in [9.17, 15) is 14.4 Å². The van der Waals surface area contributed by atoms with Crippen LogP contribution in [0.5, 0.6) is 5.75 Å². The number of methoxy groups -OCH3 is 2. The standard InChI is InChI=1S/C23H25NO6S/c1-14-4-10-17-18(12-14)31-22(21(17)23(27)29-3)24-19(25)13-30-20(26)11-7-15-5-8-16(28-2)9-6-15/h5-9,11,14H,4,10,12-13H2,1-3H3,(H,24,25). The number of amides is 1. The van der Waals surface area contributed by atoms with Crippen molar-refractivity contribution in [3.8, 4) is 5.75 Å². The Morgan fingerprint density at radius 2 is 1.94 bits per heavy atom.